The van der Waals surface area contributed by atoms with Crippen molar-refractivity contribution in [2.45, 2.75) is 37.8 Å². The van der Waals surface area contributed by atoms with Gasteiger partial charge >= 0.3 is 0 Å². The van der Waals surface area contributed by atoms with Crippen LogP contribution in [0.3, 0.4) is 0 Å². The zero-order valence-corrected chi connectivity index (χ0v) is 33.6. The van der Waals surface area contributed by atoms with Crippen molar-refractivity contribution in [2.24, 2.45) is 0 Å². The van der Waals surface area contributed by atoms with E-state index in [-0.39, 0.29) is 45.9 Å². The monoisotopic (exact) mass is 822 g/mol. The van der Waals surface area contributed by atoms with Crippen molar-refractivity contribution >= 4 is 58.7 Å². The van der Waals surface area contributed by atoms with Gasteiger partial charge in [-0.15, -0.1) is 0 Å². The predicted octanol–water partition coefficient (Wildman–Crippen LogP) is 7.60. The van der Waals surface area contributed by atoms with Crippen molar-refractivity contribution < 1.29 is 28.8 Å². The van der Waals surface area contributed by atoms with E-state index in [4.69, 9.17) is 0 Å². The second kappa shape index (κ2) is 18.6. The van der Waals surface area contributed by atoms with Crippen molar-refractivity contribution in [3.05, 3.63) is 191 Å². The quantitative estimate of drug-likeness (QED) is 0.0944. The normalized spacial score (nSPS) is 15.9. The number of carbonyl (C=O) groups excluding carboxylic acids is 6. The summed E-state index contributed by atoms with van der Waals surface area (Å²) in [6.45, 7) is 0.744. The summed E-state index contributed by atoms with van der Waals surface area (Å²) >= 11 is 0. The molecule has 0 saturated carbocycles. The second-order valence-corrected chi connectivity index (χ2v) is 15.1. The molecule has 6 aromatic rings. The van der Waals surface area contributed by atoms with Crippen molar-refractivity contribution in [3.8, 4) is 0 Å². The molecule has 0 bridgehead atoms. The highest BCUT2D eigenvalue weighted by Gasteiger charge is 2.38. The topological polar surface area (TPSA) is 159 Å². The van der Waals surface area contributed by atoms with Gasteiger partial charge in [0.05, 0.1) is 11.1 Å². The lowest BCUT2D eigenvalue weighted by molar-refractivity contribution is -0.120. The standard InChI is InChI=1S/C50H42N6O6/c57-45(35-11-3-1-4-12-35)39-15-7-29-51-43(39)49(61)55-31-9-17-41(55)47(59)53-37-25-21-33(22-26-37)19-20-34-23-27-38(28-24-34)54-48(60)42-18-10-32-56(42)50(62)44-40(16-8-30-52-44)46(58)36-13-5-2-6-14-36/h1-8,11-16,19-30,41-42H,9-10,17-18,31-32H2,(H,53,59)(H,54,60)/t41-,42-/m0/s1. The fraction of sp³-hybridized carbons (Fsp3) is 0.160. The Balaban J connectivity index is 0.854. The molecule has 8 rings (SSSR count). The summed E-state index contributed by atoms with van der Waals surface area (Å²) in [5.41, 5.74) is 4.25. The number of ketones is 2. The van der Waals surface area contributed by atoms with Gasteiger partial charge in [-0.05, 0) is 85.3 Å². The van der Waals surface area contributed by atoms with E-state index in [1.54, 1.807) is 97.1 Å². The SMILES string of the molecule is O=C(c1ccccc1)c1cccnc1C(=O)N1CCC[C@H]1C(=O)Nc1ccc(C=Cc2ccc(NC(=O)[C@@H]3CCCN3C(=O)c3ncccc3C(=O)c3ccccc3)cc2)cc1. The van der Waals surface area contributed by atoms with Crippen LogP contribution in [-0.4, -0.2) is 80.1 Å². The number of pyridine rings is 2. The average Bonchev–Trinajstić information content (AvgIpc) is 4.03. The summed E-state index contributed by atoms with van der Waals surface area (Å²) in [4.78, 5) is 92.5. The third-order valence-corrected chi connectivity index (χ3v) is 11.0. The van der Waals surface area contributed by atoms with Gasteiger partial charge in [0.2, 0.25) is 11.8 Å². The highest BCUT2D eigenvalue weighted by atomic mass is 16.2. The Morgan fingerprint density at radius 1 is 0.484 bits per heavy atom. The van der Waals surface area contributed by atoms with E-state index in [0.717, 1.165) is 11.1 Å². The summed E-state index contributed by atoms with van der Waals surface area (Å²) in [5.74, 6) is -2.17. The fourth-order valence-corrected chi connectivity index (χ4v) is 7.84. The first-order chi connectivity index (χ1) is 30.2. The molecule has 12 nitrogen and oxygen atoms in total. The van der Waals surface area contributed by atoms with Crippen LogP contribution in [-0.2, 0) is 9.59 Å². The number of rotatable bonds is 12. The maximum atomic E-state index is 13.7. The van der Waals surface area contributed by atoms with Gasteiger partial charge in [0.25, 0.3) is 11.8 Å². The van der Waals surface area contributed by atoms with Gasteiger partial charge in [0.1, 0.15) is 23.5 Å². The summed E-state index contributed by atoms with van der Waals surface area (Å²) in [5, 5.41) is 5.88. The molecule has 0 radical (unpaired) electrons. The molecule has 0 aliphatic carbocycles. The molecule has 2 N–H and O–H groups in total. The number of likely N-dealkylation sites (tertiary alicyclic amines) is 2. The van der Waals surface area contributed by atoms with Crippen molar-refractivity contribution in [1.29, 1.82) is 0 Å². The zero-order valence-electron chi connectivity index (χ0n) is 33.6. The van der Waals surface area contributed by atoms with Gasteiger partial charge in [0, 0.05) is 48.0 Å². The van der Waals surface area contributed by atoms with Gasteiger partial charge in [-0.2, -0.15) is 0 Å². The predicted molar refractivity (Wildman–Crippen MR) is 235 cm³/mol. The number of benzene rings is 4. The van der Waals surface area contributed by atoms with E-state index in [1.807, 2.05) is 48.6 Å². The van der Waals surface area contributed by atoms with Crippen LogP contribution in [0.4, 0.5) is 11.4 Å². The Kier molecular flexibility index (Phi) is 12.3. The van der Waals surface area contributed by atoms with Crippen LogP contribution in [0.1, 0.15) is 89.6 Å². The minimum Gasteiger partial charge on any atom is -0.325 e. The third kappa shape index (κ3) is 8.99. The van der Waals surface area contributed by atoms with Crippen LogP contribution in [0.2, 0.25) is 0 Å². The summed E-state index contributed by atoms with van der Waals surface area (Å²) in [6.07, 6.45) is 9.05. The number of nitrogens with zero attached hydrogens (tertiary/aromatic N) is 4. The zero-order chi connectivity index (χ0) is 43.0. The molecule has 2 aliphatic heterocycles. The van der Waals surface area contributed by atoms with Crippen LogP contribution in [0.5, 0.6) is 0 Å². The van der Waals surface area contributed by atoms with Crippen LogP contribution in [0.25, 0.3) is 12.2 Å². The number of carbonyl (C=O) groups is 6. The minimum atomic E-state index is -0.715. The number of amides is 4. The number of anilines is 2. The summed E-state index contributed by atoms with van der Waals surface area (Å²) in [6, 6.07) is 37.0. The highest BCUT2D eigenvalue weighted by Crippen LogP contribution is 2.26. The molecule has 2 saturated heterocycles. The Morgan fingerprint density at radius 2 is 0.871 bits per heavy atom. The first kappa shape index (κ1) is 40.9. The fourth-order valence-electron chi connectivity index (χ4n) is 7.84. The first-order valence-corrected chi connectivity index (χ1v) is 20.5. The van der Waals surface area contributed by atoms with Crippen molar-refractivity contribution in [3.63, 3.8) is 0 Å². The lowest BCUT2D eigenvalue weighted by Crippen LogP contribution is -2.43. The van der Waals surface area contributed by atoms with E-state index in [2.05, 4.69) is 20.6 Å². The number of aromatic nitrogens is 2. The molecule has 2 aliphatic rings. The Morgan fingerprint density at radius 3 is 1.26 bits per heavy atom. The van der Waals surface area contributed by atoms with Gasteiger partial charge in [-0.3, -0.25) is 38.7 Å². The molecule has 12 heteroatoms. The van der Waals surface area contributed by atoms with Crippen LogP contribution >= 0.6 is 0 Å². The largest absolute Gasteiger partial charge is 0.325 e. The molecule has 2 fully saturated rings. The van der Waals surface area contributed by atoms with Crippen LogP contribution in [0, 0.1) is 0 Å². The molecule has 0 unspecified atom stereocenters. The van der Waals surface area contributed by atoms with E-state index in [0.29, 0.717) is 61.3 Å². The maximum absolute atomic E-state index is 13.7. The van der Waals surface area contributed by atoms with Gasteiger partial charge in [-0.1, -0.05) is 97.1 Å². The third-order valence-electron chi connectivity index (χ3n) is 11.0. The molecule has 2 atom stereocenters. The minimum absolute atomic E-state index is 0.0242. The lowest BCUT2D eigenvalue weighted by Gasteiger charge is -2.24. The van der Waals surface area contributed by atoms with E-state index >= 15 is 0 Å². The molecule has 0 spiro atoms. The van der Waals surface area contributed by atoms with Crippen LogP contribution < -0.4 is 10.6 Å². The smallest absolute Gasteiger partial charge is 0.273 e. The van der Waals surface area contributed by atoms with E-state index < -0.39 is 23.9 Å². The highest BCUT2D eigenvalue weighted by molar-refractivity contribution is 6.16. The Labute approximate surface area is 358 Å². The van der Waals surface area contributed by atoms with Gasteiger partial charge in [-0.25, -0.2) is 0 Å². The second-order valence-electron chi connectivity index (χ2n) is 15.1. The lowest BCUT2D eigenvalue weighted by atomic mass is 10.0. The Bertz CT molecular complexity index is 2480. The van der Waals surface area contributed by atoms with Crippen LogP contribution in [0.15, 0.2) is 146 Å². The van der Waals surface area contributed by atoms with Crippen molar-refractivity contribution in [1.82, 2.24) is 19.8 Å². The molecule has 4 heterocycles. The number of nitrogens with one attached hydrogen (secondary N) is 2. The number of hydrogen-bond donors (Lipinski definition) is 2. The van der Waals surface area contributed by atoms with E-state index in [1.165, 1.54) is 22.2 Å². The molecular formula is C50H42N6O6. The van der Waals surface area contributed by atoms with Gasteiger partial charge in [0.15, 0.2) is 11.6 Å². The molecular weight excluding hydrogens is 781 g/mol. The molecule has 4 aromatic carbocycles. The first-order valence-electron chi connectivity index (χ1n) is 20.5. The van der Waals surface area contributed by atoms with Crippen molar-refractivity contribution in [2.75, 3.05) is 23.7 Å². The molecule has 62 heavy (non-hydrogen) atoms. The molecule has 2 aromatic heterocycles. The summed E-state index contributed by atoms with van der Waals surface area (Å²) in [7, 11) is 0. The number of hydrogen-bond acceptors (Lipinski definition) is 8. The van der Waals surface area contributed by atoms with Gasteiger partial charge < -0.3 is 20.4 Å². The Hall–Kier alpha value is -7.86. The molecule has 308 valence electrons. The summed E-state index contributed by atoms with van der Waals surface area (Å²) < 4.78 is 0. The molecule has 4 amide bonds. The van der Waals surface area contributed by atoms with E-state index in [9.17, 15) is 28.8 Å². The maximum Gasteiger partial charge on any atom is 0.273 e. The average molecular weight is 823 g/mol.